The van der Waals surface area contributed by atoms with Crippen molar-refractivity contribution in [2.24, 2.45) is 0 Å². The molecule has 0 radical (unpaired) electrons. The molecule has 2 aromatic carbocycles. The fourth-order valence-corrected chi connectivity index (χ4v) is 4.28. The average Bonchev–Trinajstić information content (AvgIpc) is 2.67. The molecule has 162 valence electrons. The molecule has 0 unspecified atom stereocenters. The number of halogens is 3. The van der Waals surface area contributed by atoms with Gasteiger partial charge in [-0.25, -0.2) is 26.3 Å². The number of sulfonamides is 1. The topological polar surface area (TPSA) is 105 Å². The Labute approximate surface area is 170 Å². The summed E-state index contributed by atoms with van der Waals surface area (Å²) in [6, 6.07) is 5.92. The zero-order valence-corrected chi connectivity index (χ0v) is 16.5. The second-order valence-corrected chi connectivity index (χ2v) is 8.51. The van der Waals surface area contributed by atoms with Gasteiger partial charge in [-0.3, -0.25) is 4.79 Å². The molecule has 2 aromatic rings. The van der Waals surface area contributed by atoms with Crippen molar-refractivity contribution in [1.29, 1.82) is 0 Å². The number of aliphatic hydroxyl groups excluding tert-OH is 1. The number of rotatable bonds is 7. The highest BCUT2D eigenvalue weighted by molar-refractivity contribution is 7.89. The summed E-state index contributed by atoms with van der Waals surface area (Å²) in [5.41, 5.74) is -1.12. The molecule has 7 nitrogen and oxygen atoms in total. The number of hydrogen-bond acceptors (Lipinski definition) is 5. The summed E-state index contributed by atoms with van der Waals surface area (Å²) < 4.78 is 71.8. The van der Waals surface area contributed by atoms with Gasteiger partial charge in [0, 0.05) is 11.7 Å². The Bertz CT molecular complexity index is 1060. The van der Waals surface area contributed by atoms with Gasteiger partial charge in [0.25, 0.3) is 12.3 Å². The normalized spacial score (nSPS) is 18.7. The summed E-state index contributed by atoms with van der Waals surface area (Å²) in [5, 5.41) is 11.6. The Morgan fingerprint density at radius 1 is 1.20 bits per heavy atom. The van der Waals surface area contributed by atoms with E-state index in [1.165, 1.54) is 19.2 Å². The first kappa shape index (κ1) is 22.1. The van der Waals surface area contributed by atoms with E-state index in [4.69, 9.17) is 4.74 Å². The van der Waals surface area contributed by atoms with E-state index in [1.54, 1.807) is 0 Å². The molecule has 0 bridgehead atoms. The van der Waals surface area contributed by atoms with Crippen molar-refractivity contribution in [3.05, 3.63) is 53.3 Å². The van der Waals surface area contributed by atoms with E-state index in [0.29, 0.717) is 12.8 Å². The van der Waals surface area contributed by atoms with Crippen LogP contribution in [0.1, 0.15) is 35.2 Å². The molecule has 3 N–H and O–H groups in total. The maximum atomic E-state index is 13.4. The van der Waals surface area contributed by atoms with Crippen LogP contribution in [0.2, 0.25) is 0 Å². The van der Waals surface area contributed by atoms with Gasteiger partial charge in [0.15, 0.2) is 0 Å². The molecular formula is C19H19F3N2O5S. The van der Waals surface area contributed by atoms with Crippen LogP contribution in [0.25, 0.3) is 0 Å². The molecule has 0 aliphatic heterocycles. The van der Waals surface area contributed by atoms with Gasteiger partial charge in [0.05, 0.1) is 29.2 Å². The highest BCUT2D eigenvalue weighted by atomic mass is 32.2. The number of carbonyl (C=O) groups excluding carboxylic acids is 1. The van der Waals surface area contributed by atoms with Crippen LogP contribution in [0.3, 0.4) is 0 Å². The summed E-state index contributed by atoms with van der Waals surface area (Å²) in [7, 11) is -2.69. The summed E-state index contributed by atoms with van der Waals surface area (Å²) in [4.78, 5) is 12.4. The number of nitrogens with one attached hydrogen (secondary N) is 2. The van der Waals surface area contributed by atoms with Gasteiger partial charge in [-0.05, 0) is 49.2 Å². The van der Waals surface area contributed by atoms with E-state index in [0.717, 1.165) is 24.3 Å². The SMILES string of the molecule is COc1ccc(S(=O)(=O)NC2CC(O)C2)cc1C(=O)Nc1ccc(F)c(C(F)F)c1. The molecule has 30 heavy (non-hydrogen) atoms. The van der Waals surface area contributed by atoms with Crippen molar-refractivity contribution in [2.75, 3.05) is 12.4 Å². The molecule has 11 heteroatoms. The van der Waals surface area contributed by atoms with Crippen molar-refractivity contribution in [2.45, 2.75) is 36.3 Å². The molecule has 3 rings (SSSR count). The van der Waals surface area contributed by atoms with E-state index < -0.39 is 45.9 Å². The minimum atomic E-state index is -3.97. The number of hydrogen-bond donors (Lipinski definition) is 3. The molecule has 0 saturated heterocycles. The summed E-state index contributed by atoms with van der Waals surface area (Å²) in [6.07, 6.45) is -3.04. The standard InChI is InChI=1S/C19H19F3N2O5S/c1-29-17-5-3-13(30(27,28)24-11-6-12(25)7-11)9-15(17)19(26)23-10-2-4-16(20)14(8-10)18(21)22/h2-5,8-9,11-12,18,24-25H,6-7H2,1H3,(H,23,26). The third-order valence-electron chi connectivity index (χ3n) is 4.65. The second-order valence-electron chi connectivity index (χ2n) is 6.80. The quantitative estimate of drug-likeness (QED) is 0.609. The smallest absolute Gasteiger partial charge is 0.266 e. The number of amides is 1. The van der Waals surface area contributed by atoms with Crippen LogP contribution in [-0.2, 0) is 10.0 Å². The van der Waals surface area contributed by atoms with Crippen molar-refractivity contribution < 1.29 is 36.2 Å². The first-order valence-electron chi connectivity index (χ1n) is 8.88. The Kier molecular flexibility index (Phi) is 6.34. The Morgan fingerprint density at radius 2 is 1.90 bits per heavy atom. The van der Waals surface area contributed by atoms with Gasteiger partial charge < -0.3 is 15.2 Å². The predicted molar refractivity (Wildman–Crippen MR) is 102 cm³/mol. The van der Waals surface area contributed by atoms with Crippen molar-refractivity contribution in [3.63, 3.8) is 0 Å². The van der Waals surface area contributed by atoms with Crippen LogP contribution in [-0.4, -0.2) is 38.7 Å². The molecule has 0 atom stereocenters. The van der Waals surface area contributed by atoms with Crippen molar-refractivity contribution in [1.82, 2.24) is 4.72 Å². The lowest BCUT2D eigenvalue weighted by molar-refractivity contribution is 0.0712. The Hall–Kier alpha value is -2.63. The number of alkyl halides is 2. The third kappa shape index (κ3) is 4.74. The van der Waals surface area contributed by atoms with Gasteiger partial charge in [-0.1, -0.05) is 0 Å². The maximum absolute atomic E-state index is 13.4. The molecule has 0 heterocycles. The molecule has 0 spiro atoms. The number of ether oxygens (including phenoxy) is 1. The fourth-order valence-electron chi connectivity index (χ4n) is 2.99. The third-order valence-corrected chi connectivity index (χ3v) is 6.17. The highest BCUT2D eigenvalue weighted by Gasteiger charge is 2.32. The van der Waals surface area contributed by atoms with E-state index in [9.17, 15) is 31.5 Å². The van der Waals surface area contributed by atoms with E-state index in [1.807, 2.05) is 0 Å². The number of methoxy groups -OCH3 is 1. The van der Waals surface area contributed by atoms with Crippen molar-refractivity contribution in [3.8, 4) is 5.75 Å². The lowest BCUT2D eigenvalue weighted by Gasteiger charge is -2.31. The Morgan fingerprint density at radius 3 is 2.50 bits per heavy atom. The summed E-state index contributed by atoms with van der Waals surface area (Å²) in [6.45, 7) is 0. The van der Waals surface area contributed by atoms with Crippen LogP contribution >= 0.6 is 0 Å². The summed E-state index contributed by atoms with van der Waals surface area (Å²) in [5.74, 6) is -1.88. The molecule has 1 fully saturated rings. The minimum Gasteiger partial charge on any atom is -0.496 e. The number of benzene rings is 2. The van der Waals surface area contributed by atoms with E-state index in [-0.39, 0.29) is 21.9 Å². The highest BCUT2D eigenvalue weighted by Crippen LogP contribution is 2.28. The maximum Gasteiger partial charge on any atom is 0.266 e. The monoisotopic (exact) mass is 444 g/mol. The lowest BCUT2D eigenvalue weighted by atomic mass is 9.91. The van der Waals surface area contributed by atoms with E-state index >= 15 is 0 Å². The number of anilines is 1. The van der Waals surface area contributed by atoms with Gasteiger partial charge in [0.1, 0.15) is 11.6 Å². The lowest BCUT2D eigenvalue weighted by Crippen LogP contribution is -2.46. The van der Waals surface area contributed by atoms with Gasteiger partial charge in [-0.2, -0.15) is 0 Å². The van der Waals surface area contributed by atoms with E-state index in [2.05, 4.69) is 10.0 Å². The first-order valence-corrected chi connectivity index (χ1v) is 10.4. The zero-order chi connectivity index (χ0) is 22.1. The van der Waals surface area contributed by atoms with Crippen molar-refractivity contribution >= 4 is 21.6 Å². The molecule has 1 saturated carbocycles. The van der Waals surface area contributed by atoms with Gasteiger partial charge in [0.2, 0.25) is 10.0 Å². The molecular weight excluding hydrogens is 425 g/mol. The van der Waals surface area contributed by atoms with Crippen LogP contribution in [0.15, 0.2) is 41.3 Å². The van der Waals surface area contributed by atoms with Crippen LogP contribution in [0.4, 0.5) is 18.9 Å². The largest absolute Gasteiger partial charge is 0.496 e. The molecule has 1 aliphatic rings. The van der Waals surface area contributed by atoms with Crippen LogP contribution in [0, 0.1) is 5.82 Å². The van der Waals surface area contributed by atoms with Gasteiger partial charge in [-0.15, -0.1) is 0 Å². The predicted octanol–water partition coefficient (Wildman–Crippen LogP) is 2.83. The number of carbonyl (C=O) groups is 1. The first-order chi connectivity index (χ1) is 14.1. The fraction of sp³-hybridized carbons (Fsp3) is 0.316. The average molecular weight is 444 g/mol. The Balaban J connectivity index is 1.86. The van der Waals surface area contributed by atoms with Crippen LogP contribution in [0.5, 0.6) is 5.75 Å². The molecule has 0 aromatic heterocycles. The zero-order valence-electron chi connectivity index (χ0n) is 15.7. The summed E-state index contributed by atoms with van der Waals surface area (Å²) >= 11 is 0. The van der Waals surface area contributed by atoms with Crippen LogP contribution < -0.4 is 14.8 Å². The molecule has 1 aliphatic carbocycles. The van der Waals surface area contributed by atoms with Gasteiger partial charge >= 0.3 is 0 Å². The number of aliphatic hydroxyl groups is 1. The second kappa shape index (κ2) is 8.62. The minimum absolute atomic E-state index is 0.0571. The molecule has 1 amide bonds.